The van der Waals surface area contributed by atoms with E-state index in [2.05, 4.69) is 29.9 Å². The van der Waals surface area contributed by atoms with Gasteiger partial charge in [0, 0.05) is 10.0 Å². The van der Waals surface area contributed by atoms with Crippen LogP contribution >= 0.6 is 25.2 Å². The molecule has 0 aliphatic rings. The molecule has 0 aliphatic carbocycles. The van der Waals surface area contributed by atoms with Gasteiger partial charge in [-0.1, -0.05) is 0 Å². The van der Waals surface area contributed by atoms with E-state index in [0.29, 0.717) is 20.9 Å². The molecule has 1 aromatic carbocycles. The highest BCUT2D eigenvalue weighted by Crippen LogP contribution is 2.18. The summed E-state index contributed by atoms with van der Waals surface area (Å²) in [7, 11) is 3.70. The van der Waals surface area contributed by atoms with E-state index in [1.807, 2.05) is 0 Å². The van der Waals surface area contributed by atoms with E-state index >= 15 is 0 Å². The van der Waals surface area contributed by atoms with Crippen LogP contribution in [0.5, 0.6) is 0 Å². The number of carbonyl (C=O) groups excluding carboxylic acids is 2. The number of halogens is 1. The molecule has 3 nitrogen and oxygen atoms in total. The Morgan fingerprint density at radius 1 is 1.57 bits per heavy atom. The fourth-order valence-electron chi connectivity index (χ4n) is 0.974. The molecular formula is C9H8BrO3P. The summed E-state index contributed by atoms with van der Waals surface area (Å²) in [4.78, 5) is 21.8. The minimum atomic E-state index is -0.432. The fraction of sp³-hybridized carbons (Fsp3) is 0.111. The van der Waals surface area contributed by atoms with Gasteiger partial charge in [0.1, 0.15) is 0 Å². The Hall–Kier alpha value is -0.730. The molecule has 0 saturated carbocycles. The number of hydrogen-bond donors (Lipinski definition) is 0. The van der Waals surface area contributed by atoms with Crippen molar-refractivity contribution in [2.24, 2.45) is 0 Å². The van der Waals surface area contributed by atoms with Gasteiger partial charge in [0.15, 0.2) is 6.29 Å². The number of benzene rings is 1. The quantitative estimate of drug-likeness (QED) is 0.467. The Morgan fingerprint density at radius 3 is 2.71 bits per heavy atom. The van der Waals surface area contributed by atoms with Gasteiger partial charge in [-0.2, -0.15) is 0 Å². The maximum atomic E-state index is 11.2. The lowest BCUT2D eigenvalue weighted by molar-refractivity contribution is 0.0599. The zero-order valence-corrected chi connectivity index (χ0v) is 10.2. The van der Waals surface area contributed by atoms with Crippen molar-refractivity contribution in [2.45, 2.75) is 0 Å². The van der Waals surface area contributed by atoms with Gasteiger partial charge in [0.05, 0.1) is 12.7 Å². The molecule has 0 aliphatic heterocycles. The largest absolute Gasteiger partial charge is 0.465 e. The molecule has 0 fully saturated rings. The van der Waals surface area contributed by atoms with Gasteiger partial charge in [-0.3, -0.25) is 4.79 Å². The summed E-state index contributed by atoms with van der Waals surface area (Å²) in [5.74, 6) is -0.432. The Morgan fingerprint density at radius 2 is 2.21 bits per heavy atom. The van der Waals surface area contributed by atoms with Crippen molar-refractivity contribution >= 4 is 42.7 Å². The van der Waals surface area contributed by atoms with Crippen molar-refractivity contribution in [3.8, 4) is 0 Å². The molecule has 1 unspecified atom stereocenters. The summed E-state index contributed by atoms with van der Waals surface area (Å²) in [5, 5.41) is 0.670. The fourth-order valence-corrected chi connectivity index (χ4v) is 1.81. The summed E-state index contributed by atoms with van der Waals surface area (Å²) in [6.07, 6.45) is 0.730. The monoisotopic (exact) mass is 274 g/mol. The first-order valence-corrected chi connectivity index (χ1v) is 5.09. The molecule has 5 heteroatoms. The predicted molar refractivity (Wildman–Crippen MR) is 60.2 cm³/mol. The maximum absolute atomic E-state index is 11.2. The van der Waals surface area contributed by atoms with Crippen molar-refractivity contribution in [3.05, 3.63) is 27.7 Å². The van der Waals surface area contributed by atoms with Crippen LogP contribution in [0.25, 0.3) is 0 Å². The van der Waals surface area contributed by atoms with E-state index < -0.39 is 5.97 Å². The van der Waals surface area contributed by atoms with Crippen LogP contribution in [0.1, 0.15) is 20.7 Å². The molecule has 0 bridgehead atoms. The normalized spacial score (nSPS) is 9.64. The van der Waals surface area contributed by atoms with Gasteiger partial charge in [0.25, 0.3) is 0 Å². The third kappa shape index (κ3) is 2.20. The SMILES string of the molecule is COC(=O)c1cc(P)c(C=O)cc1Br. The van der Waals surface area contributed by atoms with E-state index in [1.54, 1.807) is 12.1 Å². The minimum absolute atomic E-state index is 0.406. The summed E-state index contributed by atoms with van der Waals surface area (Å²) < 4.78 is 5.13. The van der Waals surface area contributed by atoms with Crippen LogP contribution in [0.15, 0.2) is 16.6 Å². The van der Waals surface area contributed by atoms with Crippen molar-refractivity contribution < 1.29 is 14.3 Å². The Labute approximate surface area is 92.2 Å². The van der Waals surface area contributed by atoms with Crippen LogP contribution in [0.4, 0.5) is 0 Å². The van der Waals surface area contributed by atoms with Crippen molar-refractivity contribution in [1.29, 1.82) is 0 Å². The van der Waals surface area contributed by atoms with Gasteiger partial charge in [0.2, 0.25) is 0 Å². The second-order valence-corrected chi connectivity index (χ2v) is 4.05. The Kier molecular flexibility index (Phi) is 3.78. The predicted octanol–water partition coefficient (Wildman–Crippen LogP) is 1.55. The lowest BCUT2D eigenvalue weighted by atomic mass is 10.1. The third-order valence-corrected chi connectivity index (χ3v) is 2.86. The van der Waals surface area contributed by atoms with E-state index in [9.17, 15) is 9.59 Å². The Bertz CT molecular complexity index is 390. The van der Waals surface area contributed by atoms with Crippen molar-refractivity contribution in [3.63, 3.8) is 0 Å². The topological polar surface area (TPSA) is 43.4 Å². The van der Waals surface area contributed by atoms with Gasteiger partial charge in [-0.15, -0.1) is 9.24 Å². The maximum Gasteiger partial charge on any atom is 0.339 e. The molecule has 74 valence electrons. The number of esters is 1. The average Bonchev–Trinajstić information content (AvgIpc) is 2.19. The first-order chi connectivity index (χ1) is 6.60. The van der Waals surface area contributed by atoms with E-state index in [-0.39, 0.29) is 0 Å². The van der Waals surface area contributed by atoms with Crippen LogP contribution < -0.4 is 5.30 Å². The van der Waals surface area contributed by atoms with Crippen LogP contribution in [0.3, 0.4) is 0 Å². The molecule has 0 spiro atoms. The van der Waals surface area contributed by atoms with E-state index in [1.165, 1.54) is 7.11 Å². The molecule has 1 atom stereocenters. The zero-order valence-electron chi connectivity index (χ0n) is 7.41. The van der Waals surface area contributed by atoms with Crippen LogP contribution in [0, 0.1) is 0 Å². The number of aldehydes is 1. The molecule has 0 saturated heterocycles. The highest BCUT2D eigenvalue weighted by molar-refractivity contribution is 9.10. The van der Waals surface area contributed by atoms with Crippen LogP contribution in [-0.4, -0.2) is 19.4 Å². The Balaban J connectivity index is 3.28. The van der Waals surface area contributed by atoms with Gasteiger partial charge < -0.3 is 4.74 Å². The molecule has 0 amide bonds. The minimum Gasteiger partial charge on any atom is -0.465 e. The average molecular weight is 275 g/mol. The van der Waals surface area contributed by atoms with Crippen molar-refractivity contribution in [1.82, 2.24) is 0 Å². The third-order valence-electron chi connectivity index (χ3n) is 1.70. The second-order valence-electron chi connectivity index (χ2n) is 2.57. The number of carbonyl (C=O) groups is 2. The number of rotatable bonds is 2. The van der Waals surface area contributed by atoms with Crippen molar-refractivity contribution in [2.75, 3.05) is 7.11 Å². The van der Waals surface area contributed by atoms with Gasteiger partial charge in [-0.25, -0.2) is 4.79 Å². The molecular weight excluding hydrogens is 267 g/mol. The molecule has 14 heavy (non-hydrogen) atoms. The number of ether oxygens (including phenoxy) is 1. The van der Waals surface area contributed by atoms with Crippen LogP contribution in [-0.2, 0) is 4.74 Å². The highest BCUT2D eigenvalue weighted by atomic mass is 79.9. The molecule has 0 heterocycles. The summed E-state index contributed by atoms with van der Waals surface area (Å²) >= 11 is 3.19. The standard InChI is InChI=1S/C9H8BrO3P/c1-13-9(12)6-3-8(14)5(4-11)2-7(6)10/h2-4H,14H2,1H3. The molecule has 0 N–H and O–H groups in total. The van der Waals surface area contributed by atoms with Crippen LogP contribution in [0.2, 0.25) is 0 Å². The number of methoxy groups -OCH3 is 1. The molecule has 1 aromatic rings. The molecule has 0 aromatic heterocycles. The summed E-state index contributed by atoms with van der Waals surface area (Å²) in [5.41, 5.74) is 0.928. The lowest BCUT2D eigenvalue weighted by Crippen LogP contribution is -2.09. The summed E-state index contributed by atoms with van der Waals surface area (Å²) in [6.45, 7) is 0. The van der Waals surface area contributed by atoms with E-state index in [0.717, 1.165) is 6.29 Å². The smallest absolute Gasteiger partial charge is 0.339 e. The number of hydrogen-bond acceptors (Lipinski definition) is 3. The summed E-state index contributed by atoms with van der Waals surface area (Å²) in [6, 6.07) is 3.17. The zero-order chi connectivity index (χ0) is 10.7. The molecule has 1 rings (SSSR count). The first-order valence-electron chi connectivity index (χ1n) is 3.72. The highest BCUT2D eigenvalue weighted by Gasteiger charge is 2.12. The second kappa shape index (κ2) is 4.67. The lowest BCUT2D eigenvalue weighted by Gasteiger charge is -2.05. The van der Waals surface area contributed by atoms with E-state index in [4.69, 9.17) is 0 Å². The van der Waals surface area contributed by atoms with Gasteiger partial charge >= 0.3 is 5.97 Å². The molecule has 0 radical (unpaired) electrons. The van der Waals surface area contributed by atoms with Gasteiger partial charge in [-0.05, 0) is 33.4 Å². The first kappa shape index (κ1) is 11.3.